The van der Waals surface area contributed by atoms with Crippen molar-refractivity contribution in [2.45, 2.75) is 0 Å². The van der Waals surface area contributed by atoms with Crippen LogP contribution in [-0.2, 0) is 0 Å². The van der Waals surface area contributed by atoms with Crippen LogP contribution in [0.25, 0.3) is 109 Å². The molecule has 0 N–H and O–H groups in total. The minimum absolute atomic E-state index is 0.792. The van der Waals surface area contributed by atoms with Gasteiger partial charge in [0, 0.05) is 37.2 Å². The Kier molecular flexibility index (Phi) is 5.59. The van der Waals surface area contributed by atoms with Crippen molar-refractivity contribution in [2.75, 3.05) is 0 Å². The zero-order valence-electron chi connectivity index (χ0n) is 27.6. The van der Waals surface area contributed by atoms with Gasteiger partial charge in [0.2, 0.25) is 0 Å². The molecule has 0 saturated carbocycles. The van der Waals surface area contributed by atoms with Gasteiger partial charge in [0.1, 0.15) is 27.2 Å². The van der Waals surface area contributed by atoms with Crippen LogP contribution in [0.1, 0.15) is 0 Å². The van der Waals surface area contributed by atoms with E-state index in [1.165, 1.54) is 15.5 Å². The highest BCUT2D eigenvalue weighted by Gasteiger charge is 2.26. The van der Waals surface area contributed by atoms with Crippen LogP contribution in [0, 0.1) is 0 Å². The average molecular weight is 683 g/mol. The van der Waals surface area contributed by atoms with Gasteiger partial charge in [-0.25, -0.2) is 9.97 Å². The number of benzene rings is 7. The Labute approximate surface area is 300 Å². The van der Waals surface area contributed by atoms with Gasteiger partial charge in [-0.05, 0) is 36.4 Å². The number of aromatic nitrogens is 4. The molecule has 242 valence electrons. The van der Waals surface area contributed by atoms with Gasteiger partial charge < -0.3 is 8.98 Å². The summed E-state index contributed by atoms with van der Waals surface area (Å²) < 4.78 is 12.9. The van der Waals surface area contributed by atoms with Crippen LogP contribution in [0.4, 0.5) is 0 Å². The lowest BCUT2D eigenvalue weighted by Crippen LogP contribution is -2.03. The smallest absolute Gasteiger partial charge is 0.166 e. The Bertz CT molecular complexity index is 3370. The molecule has 0 aliphatic heterocycles. The van der Waals surface area contributed by atoms with Crippen molar-refractivity contribution < 1.29 is 4.42 Å². The van der Waals surface area contributed by atoms with Crippen molar-refractivity contribution in [1.82, 2.24) is 19.1 Å². The van der Waals surface area contributed by atoms with Crippen molar-refractivity contribution in [3.05, 3.63) is 158 Å². The Morgan fingerprint density at radius 3 is 1.83 bits per heavy atom. The van der Waals surface area contributed by atoms with Gasteiger partial charge in [-0.3, -0.25) is 4.57 Å². The summed E-state index contributed by atoms with van der Waals surface area (Å²) in [6.45, 7) is 0. The summed E-state index contributed by atoms with van der Waals surface area (Å²) in [4.78, 5) is 11.9. The predicted octanol–water partition coefficient (Wildman–Crippen LogP) is 12.6. The number of para-hydroxylation sites is 4. The number of rotatable bonds is 3. The Hall–Kier alpha value is -6.76. The van der Waals surface area contributed by atoms with E-state index in [1.807, 2.05) is 12.1 Å². The van der Waals surface area contributed by atoms with Gasteiger partial charge in [0.25, 0.3) is 0 Å². The summed E-state index contributed by atoms with van der Waals surface area (Å²) >= 11 is 1.69. The Morgan fingerprint density at radius 2 is 1.08 bits per heavy atom. The summed E-state index contributed by atoms with van der Waals surface area (Å²) in [7, 11) is 0. The van der Waals surface area contributed by atoms with Crippen molar-refractivity contribution in [3.8, 4) is 22.8 Å². The summed E-state index contributed by atoms with van der Waals surface area (Å²) in [5.41, 5.74) is 9.91. The molecule has 0 amide bonds. The maximum atomic E-state index is 6.95. The molecule has 0 saturated heterocycles. The molecule has 52 heavy (non-hydrogen) atoms. The third-order valence-electron chi connectivity index (χ3n) is 10.5. The first-order chi connectivity index (χ1) is 25.8. The molecule has 0 unspecified atom stereocenters. The lowest BCUT2D eigenvalue weighted by atomic mass is 10.1. The van der Waals surface area contributed by atoms with Gasteiger partial charge in [0.15, 0.2) is 5.82 Å². The number of thiophene rings is 1. The van der Waals surface area contributed by atoms with E-state index in [1.54, 1.807) is 11.3 Å². The zero-order chi connectivity index (χ0) is 33.9. The second-order valence-corrected chi connectivity index (χ2v) is 14.4. The van der Waals surface area contributed by atoms with Gasteiger partial charge >= 0.3 is 0 Å². The van der Waals surface area contributed by atoms with E-state index in [0.717, 1.165) is 93.3 Å². The van der Waals surface area contributed by atoms with Crippen LogP contribution >= 0.6 is 11.3 Å². The number of hydrogen-bond acceptors (Lipinski definition) is 4. The van der Waals surface area contributed by atoms with E-state index in [4.69, 9.17) is 14.4 Å². The molecule has 12 aromatic rings. The standard InChI is InChI=1S/C46H26N4OS/c1-2-14-27(15-3-1)42-45(48-46-43(47-42)32-20-8-13-25-39(32)52-46)50-35-23-11-6-18-30(35)40-37(50)26-36(41-31-19-7-12-24-38(31)51-44(40)41)49-33-21-9-4-16-28(33)29-17-5-10-22-34(29)49/h1-26H. The largest absolute Gasteiger partial charge is 0.455 e. The summed E-state index contributed by atoms with van der Waals surface area (Å²) in [6, 6.07) is 55.6. The van der Waals surface area contributed by atoms with E-state index in [9.17, 15) is 0 Å². The van der Waals surface area contributed by atoms with E-state index in [0.29, 0.717) is 0 Å². The van der Waals surface area contributed by atoms with Gasteiger partial charge in [-0.15, -0.1) is 11.3 Å². The monoisotopic (exact) mass is 682 g/mol. The second-order valence-electron chi connectivity index (χ2n) is 13.3. The minimum Gasteiger partial charge on any atom is -0.455 e. The molecule has 12 rings (SSSR count). The molecule has 5 nitrogen and oxygen atoms in total. The van der Waals surface area contributed by atoms with Gasteiger partial charge in [-0.2, -0.15) is 0 Å². The van der Waals surface area contributed by atoms with Crippen LogP contribution in [0.5, 0.6) is 0 Å². The van der Waals surface area contributed by atoms with Crippen molar-refractivity contribution in [2.24, 2.45) is 0 Å². The molecule has 7 aromatic carbocycles. The van der Waals surface area contributed by atoms with Crippen molar-refractivity contribution in [3.63, 3.8) is 0 Å². The fraction of sp³-hybridized carbons (Fsp3) is 0. The number of furan rings is 1. The van der Waals surface area contributed by atoms with Crippen LogP contribution in [0.2, 0.25) is 0 Å². The normalized spacial score (nSPS) is 12.2. The third kappa shape index (κ3) is 3.71. The fourth-order valence-electron chi connectivity index (χ4n) is 8.36. The highest BCUT2D eigenvalue weighted by molar-refractivity contribution is 7.25. The van der Waals surface area contributed by atoms with Crippen LogP contribution in [0.15, 0.2) is 162 Å². The van der Waals surface area contributed by atoms with Crippen LogP contribution in [-0.4, -0.2) is 19.1 Å². The van der Waals surface area contributed by atoms with Crippen molar-refractivity contribution >= 4 is 97.3 Å². The molecule has 5 heterocycles. The average Bonchev–Trinajstić information content (AvgIpc) is 3.95. The van der Waals surface area contributed by atoms with Crippen LogP contribution in [0.3, 0.4) is 0 Å². The first-order valence-corrected chi connectivity index (χ1v) is 18.2. The molecule has 6 heteroatoms. The molecule has 0 bridgehead atoms. The predicted molar refractivity (Wildman–Crippen MR) is 216 cm³/mol. The van der Waals surface area contributed by atoms with E-state index in [2.05, 4.69) is 155 Å². The topological polar surface area (TPSA) is 48.8 Å². The molecule has 0 atom stereocenters. The molecule has 0 spiro atoms. The quantitative estimate of drug-likeness (QED) is 0.186. The molecular weight excluding hydrogens is 657 g/mol. The summed E-state index contributed by atoms with van der Waals surface area (Å²) in [6.07, 6.45) is 0. The fourth-order valence-corrected chi connectivity index (χ4v) is 9.37. The van der Waals surface area contributed by atoms with E-state index in [-0.39, 0.29) is 0 Å². The third-order valence-corrected chi connectivity index (χ3v) is 11.6. The molecule has 0 fully saturated rings. The summed E-state index contributed by atoms with van der Waals surface area (Å²) in [5, 5.41) is 7.89. The van der Waals surface area contributed by atoms with Crippen molar-refractivity contribution in [1.29, 1.82) is 0 Å². The minimum atomic E-state index is 0.792. The van der Waals surface area contributed by atoms with Gasteiger partial charge in [0.05, 0.1) is 38.5 Å². The van der Waals surface area contributed by atoms with E-state index < -0.39 is 0 Å². The maximum absolute atomic E-state index is 6.95. The number of hydrogen-bond donors (Lipinski definition) is 0. The second kappa shape index (κ2) is 10.4. The van der Waals surface area contributed by atoms with Crippen LogP contribution < -0.4 is 0 Å². The Morgan fingerprint density at radius 1 is 0.481 bits per heavy atom. The number of nitrogens with zero attached hydrogens (tertiary/aromatic N) is 4. The van der Waals surface area contributed by atoms with E-state index >= 15 is 0 Å². The maximum Gasteiger partial charge on any atom is 0.166 e. The Balaban J connectivity index is 1.31. The number of fused-ring (bicyclic) bond motifs is 13. The first kappa shape index (κ1) is 28.0. The summed E-state index contributed by atoms with van der Waals surface area (Å²) in [5.74, 6) is 0.792. The zero-order valence-corrected chi connectivity index (χ0v) is 28.4. The molecule has 5 aromatic heterocycles. The highest BCUT2D eigenvalue weighted by Crippen LogP contribution is 2.46. The highest BCUT2D eigenvalue weighted by atomic mass is 32.1. The molecule has 0 radical (unpaired) electrons. The van der Waals surface area contributed by atoms with Gasteiger partial charge in [-0.1, -0.05) is 121 Å². The first-order valence-electron chi connectivity index (χ1n) is 17.4. The SMILES string of the molecule is c1ccc(-c2nc3c(nc2-n2c4ccccc4c4c5oc6ccccc6c5c(-n5c6ccccc6c6ccccc65)cc42)sc2ccccc23)cc1. The lowest BCUT2D eigenvalue weighted by Gasteiger charge is -2.14. The molecule has 0 aliphatic carbocycles. The molecular formula is C46H26N4OS. The lowest BCUT2D eigenvalue weighted by molar-refractivity contribution is 0.673. The molecule has 0 aliphatic rings.